The van der Waals surface area contributed by atoms with Crippen molar-refractivity contribution in [1.29, 1.82) is 0 Å². The summed E-state index contributed by atoms with van der Waals surface area (Å²) in [6, 6.07) is 0.129. The number of aromatic nitrogens is 2. The molecule has 2 rings (SSSR count). The fraction of sp³-hybridized carbons (Fsp3) is 0.714. The molecule has 1 saturated carbocycles. The first-order chi connectivity index (χ1) is 10.5. The van der Waals surface area contributed by atoms with Crippen molar-refractivity contribution in [3.8, 4) is 6.01 Å². The average molecular weight is 331 g/mol. The van der Waals surface area contributed by atoms with Crippen LogP contribution in [0.5, 0.6) is 6.01 Å². The number of hydrogen-bond acceptors (Lipinski definition) is 5. The number of sulfonamides is 1. The zero-order valence-corrected chi connectivity index (χ0v) is 13.5. The Kier molecular flexibility index (Phi) is 6.07. The molecule has 1 aromatic heterocycles. The van der Waals surface area contributed by atoms with Gasteiger partial charge in [-0.2, -0.15) is 0 Å². The van der Waals surface area contributed by atoms with Gasteiger partial charge in [0.25, 0.3) is 0 Å². The zero-order valence-electron chi connectivity index (χ0n) is 12.7. The Morgan fingerprint density at radius 3 is 2.50 bits per heavy atom. The third kappa shape index (κ3) is 5.49. The van der Waals surface area contributed by atoms with Gasteiger partial charge in [-0.25, -0.2) is 27.5 Å². The van der Waals surface area contributed by atoms with Crippen LogP contribution in [0.3, 0.4) is 0 Å². The quantitative estimate of drug-likeness (QED) is 0.827. The molecule has 1 aromatic rings. The van der Waals surface area contributed by atoms with Crippen molar-refractivity contribution in [3.63, 3.8) is 0 Å². The summed E-state index contributed by atoms with van der Waals surface area (Å²) < 4.78 is 44.8. The van der Waals surface area contributed by atoms with E-state index in [1.807, 2.05) is 6.92 Å². The monoisotopic (exact) mass is 331 g/mol. The Balaban J connectivity index is 1.77. The molecule has 0 bridgehead atoms. The highest BCUT2D eigenvalue weighted by molar-refractivity contribution is 7.89. The van der Waals surface area contributed by atoms with Crippen LogP contribution in [-0.2, 0) is 10.0 Å². The smallest absolute Gasteiger partial charge is 0.316 e. The molecule has 0 aliphatic heterocycles. The van der Waals surface area contributed by atoms with Gasteiger partial charge in [-0.1, -0.05) is 13.3 Å². The van der Waals surface area contributed by atoms with Crippen LogP contribution in [0, 0.1) is 5.82 Å². The van der Waals surface area contributed by atoms with Crippen LogP contribution < -0.4 is 9.46 Å². The fourth-order valence-corrected chi connectivity index (χ4v) is 3.99. The molecule has 22 heavy (non-hydrogen) atoms. The van der Waals surface area contributed by atoms with E-state index < -0.39 is 15.8 Å². The van der Waals surface area contributed by atoms with E-state index >= 15 is 0 Å². The molecule has 1 heterocycles. The number of nitrogens with zero attached hydrogens (tertiary/aromatic N) is 2. The molecule has 1 aliphatic rings. The van der Waals surface area contributed by atoms with Crippen LogP contribution in [0.2, 0.25) is 0 Å². The molecule has 1 aliphatic carbocycles. The topological polar surface area (TPSA) is 81.2 Å². The minimum Gasteiger partial charge on any atom is -0.460 e. The summed E-state index contributed by atoms with van der Waals surface area (Å²) in [5.74, 6) is -0.318. The minimum absolute atomic E-state index is 0.0316. The Morgan fingerprint density at radius 2 is 1.91 bits per heavy atom. The number of unbranched alkanes of at least 4 members (excludes halogenated alkanes) is 1. The van der Waals surface area contributed by atoms with Crippen LogP contribution in [0.1, 0.15) is 45.4 Å². The highest BCUT2D eigenvalue weighted by Crippen LogP contribution is 2.22. The van der Waals surface area contributed by atoms with E-state index in [0.717, 1.165) is 44.5 Å². The van der Waals surface area contributed by atoms with Crippen molar-refractivity contribution >= 4 is 10.0 Å². The second-order valence-corrected chi connectivity index (χ2v) is 7.44. The van der Waals surface area contributed by atoms with Crippen LogP contribution in [-0.4, -0.2) is 36.3 Å². The molecule has 124 valence electrons. The predicted octanol–water partition coefficient (Wildman–Crippen LogP) is 2.03. The molecular formula is C14H22FN3O3S. The van der Waals surface area contributed by atoms with Crippen LogP contribution in [0.25, 0.3) is 0 Å². The molecule has 6 nitrogen and oxygen atoms in total. The second-order valence-electron chi connectivity index (χ2n) is 5.57. The van der Waals surface area contributed by atoms with Gasteiger partial charge in [0.2, 0.25) is 10.0 Å². The maximum absolute atomic E-state index is 12.7. The average Bonchev–Trinajstić information content (AvgIpc) is 2.49. The van der Waals surface area contributed by atoms with Crippen molar-refractivity contribution in [1.82, 2.24) is 14.7 Å². The van der Waals surface area contributed by atoms with Crippen LogP contribution in [0.4, 0.5) is 4.39 Å². The van der Waals surface area contributed by atoms with Gasteiger partial charge in [-0.05, 0) is 32.1 Å². The van der Waals surface area contributed by atoms with E-state index in [0.29, 0.717) is 6.42 Å². The fourth-order valence-electron chi connectivity index (χ4n) is 2.46. The summed E-state index contributed by atoms with van der Waals surface area (Å²) in [4.78, 5) is 7.53. The van der Waals surface area contributed by atoms with Gasteiger partial charge in [0.1, 0.15) is 6.10 Å². The summed E-state index contributed by atoms with van der Waals surface area (Å²) in [6.45, 7) is 1.97. The van der Waals surface area contributed by atoms with Crippen molar-refractivity contribution in [3.05, 3.63) is 18.2 Å². The Labute approximate surface area is 130 Å². The lowest BCUT2D eigenvalue weighted by Crippen LogP contribution is -2.40. The van der Waals surface area contributed by atoms with Crippen LogP contribution >= 0.6 is 0 Å². The normalized spacial score (nSPS) is 22.5. The summed E-state index contributed by atoms with van der Waals surface area (Å²) in [5.41, 5.74) is 0. The Bertz CT molecular complexity index is 557. The zero-order chi connectivity index (χ0) is 16.0. The number of rotatable bonds is 7. The molecule has 1 fully saturated rings. The number of hydrogen-bond donors (Lipinski definition) is 1. The Hall–Kier alpha value is -1.28. The van der Waals surface area contributed by atoms with Gasteiger partial charge in [0, 0.05) is 6.04 Å². The molecule has 0 unspecified atom stereocenters. The first-order valence-corrected chi connectivity index (χ1v) is 9.28. The van der Waals surface area contributed by atoms with Gasteiger partial charge in [-0.15, -0.1) is 0 Å². The molecule has 0 aromatic carbocycles. The summed E-state index contributed by atoms with van der Waals surface area (Å²) in [7, 11) is -3.18. The lowest BCUT2D eigenvalue weighted by molar-refractivity contribution is 0.132. The maximum atomic E-state index is 12.7. The largest absolute Gasteiger partial charge is 0.460 e. The van der Waals surface area contributed by atoms with Crippen molar-refractivity contribution in [2.45, 2.75) is 57.6 Å². The van der Waals surface area contributed by atoms with E-state index in [4.69, 9.17) is 4.74 Å². The third-order valence-corrected chi connectivity index (χ3v) is 5.17. The molecule has 0 amide bonds. The van der Waals surface area contributed by atoms with Gasteiger partial charge in [0.15, 0.2) is 5.82 Å². The van der Waals surface area contributed by atoms with Crippen molar-refractivity contribution in [2.75, 3.05) is 5.75 Å². The summed E-state index contributed by atoms with van der Waals surface area (Å²) in [5, 5.41) is 0. The molecule has 8 heteroatoms. The molecule has 0 saturated heterocycles. The first kappa shape index (κ1) is 17.1. The lowest BCUT2D eigenvalue weighted by atomic mass is 9.94. The summed E-state index contributed by atoms with van der Waals surface area (Å²) >= 11 is 0. The molecule has 1 N–H and O–H groups in total. The number of ether oxygens (including phenoxy) is 1. The number of nitrogens with one attached hydrogen (secondary N) is 1. The predicted molar refractivity (Wildman–Crippen MR) is 80.5 cm³/mol. The Morgan fingerprint density at radius 1 is 1.27 bits per heavy atom. The molecule has 0 spiro atoms. The molecule has 0 radical (unpaired) electrons. The lowest BCUT2D eigenvalue weighted by Gasteiger charge is -2.28. The van der Waals surface area contributed by atoms with E-state index in [2.05, 4.69) is 14.7 Å². The highest BCUT2D eigenvalue weighted by Gasteiger charge is 2.26. The summed E-state index contributed by atoms with van der Waals surface area (Å²) in [6.07, 6.45) is 6.50. The molecule has 0 atom stereocenters. The van der Waals surface area contributed by atoms with Gasteiger partial charge in [-0.3, -0.25) is 0 Å². The van der Waals surface area contributed by atoms with E-state index in [1.54, 1.807) is 0 Å². The third-order valence-electron chi connectivity index (χ3n) is 3.66. The highest BCUT2D eigenvalue weighted by atomic mass is 32.2. The van der Waals surface area contributed by atoms with Gasteiger partial charge in [0.05, 0.1) is 18.1 Å². The maximum Gasteiger partial charge on any atom is 0.316 e. The van der Waals surface area contributed by atoms with Gasteiger partial charge >= 0.3 is 6.01 Å². The SMILES string of the molecule is CCCCS(=O)(=O)NC1CCC(Oc2ncc(F)cn2)CC1. The van der Waals surface area contributed by atoms with Gasteiger partial charge < -0.3 is 4.74 Å². The minimum atomic E-state index is -3.18. The second kappa shape index (κ2) is 7.82. The van der Waals surface area contributed by atoms with E-state index in [-0.39, 0.29) is 23.9 Å². The van der Waals surface area contributed by atoms with Crippen molar-refractivity contribution < 1.29 is 17.5 Å². The van der Waals surface area contributed by atoms with E-state index in [1.165, 1.54) is 0 Å². The van der Waals surface area contributed by atoms with Crippen molar-refractivity contribution in [2.24, 2.45) is 0 Å². The number of halogens is 1. The van der Waals surface area contributed by atoms with Crippen LogP contribution in [0.15, 0.2) is 12.4 Å². The molecular weight excluding hydrogens is 309 g/mol. The first-order valence-electron chi connectivity index (χ1n) is 7.62. The van der Waals surface area contributed by atoms with E-state index in [9.17, 15) is 12.8 Å². The standard InChI is InChI=1S/C14H22FN3O3S/c1-2-3-8-22(19,20)18-12-4-6-13(7-5-12)21-14-16-9-11(15)10-17-14/h9-10,12-13,18H,2-8H2,1H3.